The maximum atomic E-state index is 12.3. The number of phenols is 1. The molecular formula is C20H23N5O3. The molecule has 8 heteroatoms. The van der Waals surface area contributed by atoms with Crippen LogP contribution in [0.15, 0.2) is 48.9 Å². The monoisotopic (exact) mass is 381 g/mol. The number of urea groups is 1. The number of carbonyl (C=O) groups excluding carboxylic acids is 1. The minimum absolute atomic E-state index is 0.0492. The van der Waals surface area contributed by atoms with Crippen LogP contribution in [0.4, 0.5) is 4.79 Å². The summed E-state index contributed by atoms with van der Waals surface area (Å²) in [7, 11) is 3.19. The van der Waals surface area contributed by atoms with Crippen molar-refractivity contribution in [3.63, 3.8) is 0 Å². The third-order valence-electron chi connectivity index (χ3n) is 4.34. The van der Waals surface area contributed by atoms with Crippen molar-refractivity contribution in [3.05, 3.63) is 65.9 Å². The predicted octanol–water partition coefficient (Wildman–Crippen LogP) is 2.63. The number of hydrogen-bond donors (Lipinski definition) is 2. The molecule has 0 saturated carbocycles. The maximum Gasteiger partial charge on any atom is 0.317 e. The first-order valence-corrected chi connectivity index (χ1v) is 8.78. The molecule has 0 radical (unpaired) electrons. The maximum absolute atomic E-state index is 12.3. The Balaban J connectivity index is 1.54. The van der Waals surface area contributed by atoms with Gasteiger partial charge in [-0.05, 0) is 36.2 Å². The van der Waals surface area contributed by atoms with Crippen LogP contribution in [0.1, 0.15) is 17.0 Å². The first kappa shape index (κ1) is 19.2. The van der Waals surface area contributed by atoms with E-state index in [1.165, 1.54) is 12.0 Å². The van der Waals surface area contributed by atoms with Crippen molar-refractivity contribution in [1.29, 1.82) is 0 Å². The van der Waals surface area contributed by atoms with Crippen LogP contribution in [-0.2, 0) is 13.1 Å². The van der Waals surface area contributed by atoms with E-state index in [2.05, 4.69) is 15.3 Å². The number of imidazole rings is 1. The van der Waals surface area contributed by atoms with E-state index in [-0.39, 0.29) is 11.8 Å². The first-order valence-electron chi connectivity index (χ1n) is 8.78. The van der Waals surface area contributed by atoms with Crippen LogP contribution in [0.5, 0.6) is 11.5 Å². The summed E-state index contributed by atoms with van der Waals surface area (Å²) in [5.74, 6) is 2.09. The number of nitrogens with zero attached hydrogens (tertiary/aromatic N) is 4. The van der Waals surface area contributed by atoms with E-state index in [4.69, 9.17) is 4.74 Å². The Bertz CT molecular complexity index is 953. The van der Waals surface area contributed by atoms with Gasteiger partial charge in [0.15, 0.2) is 11.5 Å². The van der Waals surface area contributed by atoms with Gasteiger partial charge in [0.25, 0.3) is 0 Å². The molecule has 3 aromatic rings. The number of hydrogen-bond acceptors (Lipinski definition) is 5. The molecular weight excluding hydrogens is 358 g/mol. The Morgan fingerprint density at radius 3 is 2.64 bits per heavy atom. The van der Waals surface area contributed by atoms with E-state index in [1.54, 1.807) is 31.6 Å². The lowest BCUT2D eigenvalue weighted by atomic mass is 10.2. The largest absolute Gasteiger partial charge is 0.504 e. The summed E-state index contributed by atoms with van der Waals surface area (Å²) in [4.78, 5) is 22.5. The summed E-state index contributed by atoms with van der Waals surface area (Å²) in [6, 6.07) is 8.66. The van der Waals surface area contributed by atoms with Crippen LogP contribution < -0.4 is 10.1 Å². The number of pyridine rings is 1. The molecule has 2 heterocycles. The first-order chi connectivity index (χ1) is 13.5. The summed E-state index contributed by atoms with van der Waals surface area (Å²) in [5, 5.41) is 12.7. The molecule has 1 aromatic carbocycles. The normalized spacial score (nSPS) is 10.5. The molecule has 2 aromatic heterocycles. The third kappa shape index (κ3) is 4.40. The van der Waals surface area contributed by atoms with Crippen LogP contribution in [0.2, 0.25) is 0 Å². The van der Waals surface area contributed by atoms with Gasteiger partial charge in [-0.25, -0.2) is 14.8 Å². The number of aromatic nitrogens is 3. The highest BCUT2D eigenvalue weighted by Crippen LogP contribution is 2.26. The van der Waals surface area contributed by atoms with Crippen LogP contribution in [0.3, 0.4) is 0 Å². The lowest BCUT2D eigenvalue weighted by molar-refractivity contribution is 0.206. The molecule has 0 aliphatic carbocycles. The average molecular weight is 381 g/mol. The summed E-state index contributed by atoms with van der Waals surface area (Å²) in [6.45, 7) is 2.64. The van der Waals surface area contributed by atoms with Crippen molar-refractivity contribution in [2.75, 3.05) is 14.2 Å². The molecule has 2 amide bonds. The molecule has 0 saturated heterocycles. The molecule has 2 N–H and O–H groups in total. The average Bonchev–Trinajstić information content (AvgIpc) is 3.12. The number of ether oxygens (including phenoxy) is 1. The minimum Gasteiger partial charge on any atom is -0.504 e. The molecule has 0 bridgehead atoms. The molecule has 8 nitrogen and oxygen atoms in total. The zero-order valence-electron chi connectivity index (χ0n) is 16.1. The summed E-state index contributed by atoms with van der Waals surface area (Å²) < 4.78 is 6.91. The van der Waals surface area contributed by atoms with Crippen molar-refractivity contribution in [2.45, 2.75) is 20.0 Å². The zero-order chi connectivity index (χ0) is 20.1. The second-order valence-corrected chi connectivity index (χ2v) is 6.39. The summed E-state index contributed by atoms with van der Waals surface area (Å²) in [5.41, 5.74) is 1.70. The van der Waals surface area contributed by atoms with Gasteiger partial charge >= 0.3 is 6.03 Å². The van der Waals surface area contributed by atoms with Crippen molar-refractivity contribution in [1.82, 2.24) is 24.8 Å². The predicted molar refractivity (Wildman–Crippen MR) is 104 cm³/mol. The Labute approximate surface area is 163 Å². The fraction of sp³-hybridized carbons (Fsp3) is 0.250. The molecule has 0 aliphatic heterocycles. The molecule has 0 unspecified atom stereocenters. The van der Waals surface area contributed by atoms with Crippen LogP contribution >= 0.6 is 0 Å². The van der Waals surface area contributed by atoms with Gasteiger partial charge < -0.3 is 20.1 Å². The van der Waals surface area contributed by atoms with Crippen molar-refractivity contribution in [2.24, 2.45) is 0 Å². The van der Waals surface area contributed by atoms with Gasteiger partial charge in [0.1, 0.15) is 11.6 Å². The second-order valence-electron chi connectivity index (χ2n) is 6.39. The molecule has 28 heavy (non-hydrogen) atoms. The van der Waals surface area contributed by atoms with E-state index in [9.17, 15) is 9.90 Å². The molecule has 0 fully saturated rings. The quantitative estimate of drug-likeness (QED) is 0.685. The molecule has 146 valence electrons. The third-order valence-corrected chi connectivity index (χ3v) is 4.34. The number of phenolic OH excluding ortho intramolecular Hbond substituents is 1. The number of benzene rings is 1. The van der Waals surface area contributed by atoms with Gasteiger partial charge in [-0.2, -0.15) is 0 Å². The van der Waals surface area contributed by atoms with Gasteiger partial charge in [-0.1, -0.05) is 12.1 Å². The summed E-state index contributed by atoms with van der Waals surface area (Å²) >= 11 is 0. The highest BCUT2D eigenvalue weighted by molar-refractivity contribution is 5.73. The van der Waals surface area contributed by atoms with Crippen LogP contribution in [0, 0.1) is 6.92 Å². The van der Waals surface area contributed by atoms with Gasteiger partial charge in [-0.15, -0.1) is 0 Å². The lowest BCUT2D eigenvalue weighted by Gasteiger charge is -2.18. The van der Waals surface area contributed by atoms with E-state index in [0.29, 0.717) is 18.8 Å². The molecule has 3 rings (SSSR count). The number of nitrogens with one attached hydrogen (secondary N) is 1. The Morgan fingerprint density at radius 1 is 1.25 bits per heavy atom. The number of carbonyl (C=O) groups is 1. The topological polar surface area (TPSA) is 92.5 Å². The highest BCUT2D eigenvalue weighted by atomic mass is 16.5. The number of aromatic hydroxyl groups is 1. The van der Waals surface area contributed by atoms with Crippen molar-refractivity contribution in [3.8, 4) is 17.3 Å². The zero-order valence-corrected chi connectivity index (χ0v) is 16.1. The van der Waals surface area contributed by atoms with E-state index >= 15 is 0 Å². The SMILES string of the molecule is COc1ccc(CN(C)C(=O)NCc2ccc(-n3ccnc3C)nc2)cc1O. The fourth-order valence-corrected chi connectivity index (χ4v) is 2.78. The van der Waals surface area contributed by atoms with Crippen molar-refractivity contribution < 1.29 is 14.6 Å². The number of aryl methyl sites for hydroxylation is 1. The Hall–Kier alpha value is -3.55. The van der Waals surface area contributed by atoms with Gasteiger partial charge in [0.05, 0.1) is 7.11 Å². The van der Waals surface area contributed by atoms with E-state index in [1.807, 2.05) is 35.9 Å². The van der Waals surface area contributed by atoms with E-state index < -0.39 is 0 Å². The van der Waals surface area contributed by atoms with Gasteiger partial charge in [0, 0.05) is 38.7 Å². The van der Waals surface area contributed by atoms with E-state index in [0.717, 1.165) is 22.8 Å². The lowest BCUT2D eigenvalue weighted by Crippen LogP contribution is -2.36. The van der Waals surface area contributed by atoms with Crippen LogP contribution in [-0.4, -0.2) is 44.7 Å². The highest BCUT2D eigenvalue weighted by Gasteiger charge is 2.11. The van der Waals surface area contributed by atoms with Gasteiger partial charge in [0.2, 0.25) is 0 Å². The second kappa shape index (κ2) is 8.43. The molecule has 0 spiro atoms. The van der Waals surface area contributed by atoms with Gasteiger partial charge in [-0.3, -0.25) is 4.57 Å². The smallest absolute Gasteiger partial charge is 0.317 e. The van der Waals surface area contributed by atoms with Crippen LogP contribution in [0.25, 0.3) is 5.82 Å². The fourth-order valence-electron chi connectivity index (χ4n) is 2.78. The molecule has 0 atom stereocenters. The number of amides is 2. The minimum atomic E-state index is -0.218. The standard InChI is InChI=1S/C20H23N5O3/c1-14-21-8-9-25(14)19-7-5-16(11-22-19)12-23-20(27)24(2)13-15-4-6-18(28-3)17(26)10-15/h4-11,26H,12-13H2,1-3H3,(H,23,27). The number of methoxy groups -OCH3 is 1. The molecule has 0 aliphatic rings. The Kier molecular flexibility index (Phi) is 5.78. The Morgan fingerprint density at radius 2 is 2.04 bits per heavy atom. The number of rotatable bonds is 6. The van der Waals surface area contributed by atoms with Crippen molar-refractivity contribution >= 4 is 6.03 Å². The summed E-state index contributed by atoms with van der Waals surface area (Å²) in [6.07, 6.45) is 5.31.